The smallest absolute Gasteiger partial charge is 0.0453 e. The highest BCUT2D eigenvalue weighted by Gasteiger charge is 1.91. The molecule has 2 aromatic carbocycles. The lowest BCUT2D eigenvalue weighted by atomic mass is 10.1. The predicted octanol–water partition coefficient (Wildman–Crippen LogP) is 5.06. The summed E-state index contributed by atoms with van der Waals surface area (Å²) in [6.45, 7) is 5.89. The number of fused-ring (bicyclic) bond motifs is 1. The van der Waals surface area contributed by atoms with Crippen molar-refractivity contribution in [3.05, 3.63) is 78.5 Å². The summed E-state index contributed by atoms with van der Waals surface area (Å²) in [7, 11) is 0. The predicted molar refractivity (Wildman–Crippen MR) is 84.2 cm³/mol. The molecule has 0 bridgehead atoms. The molecule has 1 N–H and O–H groups in total. The molecule has 0 fully saturated rings. The first-order valence-corrected chi connectivity index (χ1v) is 6.57. The van der Waals surface area contributed by atoms with Gasteiger partial charge in [0.05, 0.1) is 0 Å². The van der Waals surface area contributed by atoms with Gasteiger partial charge in [-0.05, 0) is 35.1 Å². The highest BCUT2D eigenvalue weighted by atomic mass is 14.6. The van der Waals surface area contributed by atoms with Crippen LogP contribution in [0.1, 0.15) is 18.1 Å². The van der Waals surface area contributed by atoms with Crippen molar-refractivity contribution in [3.8, 4) is 0 Å². The lowest BCUT2D eigenvalue weighted by Gasteiger charge is -1.99. The van der Waals surface area contributed by atoms with Crippen LogP contribution in [0.25, 0.3) is 17.0 Å². The van der Waals surface area contributed by atoms with Gasteiger partial charge in [-0.2, -0.15) is 0 Å². The van der Waals surface area contributed by atoms with Gasteiger partial charge in [0.2, 0.25) is 0 Å². The summed E-state index contributed by atoms with van der Waals surface area (Å²) in [4.78, 5) is 3.12. The minimum Gasteiger partial charge on any atom is -0.361 e. The Hall–Kier alpha value is -2.28. The van der Waals surface area contributed by atoms with E-state index in [0.29, 0.717) is 0 Å². The van der Waals surface area contributed by atoms with Crippen molar-refractivity contribution in [3.63, 3.8) is 0 Å². The summed E-state index contributed by atoms with van der Waals surface area (Å²) in [5, 5.41) is 1.28. The first-order chi connectivity index (χ1) is 9.35. The van der Waals surface area contributed by atoms with Crippen LogP contribution in [0.2, 0.25) is 0 Å². The molecule has 3 rings (SSSR count). The molecule has 0 spiro atoms. The summed E-state index contributed by atoms with van der Waals surface area (Å²) in [6, 6.07) is 18.6. The highest BCUT2D eigenvalue weighted by molar-refractivity contribution is 5.78. The van der Waals surface area contributed by atoms with E-state index in [0.717, 1.165) is 6.42 Å². The summed E-state index contributed by atoms with van der Waals surface area (Å²) in [5.74, 6) is 0. The van der Waals surface area contributed by atoms with Crippen LogP contribution in [0.3, 0.4) is 0 Å². The molecule has 1 heteroatoms. The molecule has 19 heavy (non-hydrogen) atoms. The second-order valence-corrected chi connectivity index (χ2v) is 4.32. The highest BCUT2D eigenvalue weighted by Crippen LogP contribution is 2.10. The zero-order chi connectivity index (χ0) is 13.5. The fourth-order valence-electron chi connectivity index (χ4n) is 2.05. The molecule has 0 radical (unpaired) electrons. The van der Waals surface area contributed by atoms with E-state index < -0.39 is 0 Å². The average Bonchev–Trinajstić information content (AvgIpc) is 2.96. The second kappa shape index (κ2) is 6.60. The first kappa shape index (κ1) is 13.2. The molecule has 1 heterocycles. The van der Waals surface area contributed by atoms with Gasteiger partial charge in [-0.25, -0.2) is 0 Å². The van der Waals surface area contributed by atoms with Gasteiger partial charge in [0.15, 0.2) is 0 Å². The van der Waals surface area contributed by atoms with E-state index in [4.69, 9.17) is 0 Å². The van der Waals surface area contributed by atoms with E-state index in [-0.39, 0.29) is 0 Å². The zero-order valence-corrected chi connectivity index (χ0v) is 11.3. The van der Waals surface area contributed by atoms with Gasteiger partial charge < -0.3 is 4.98 Å². The monoisotopic (exact) mass is 249 g/mol. The number of rotatable bonds is 2. The molecule has 1 nitrogen and oxygen atoms in total. The van der Waals surface area contributed by atoms with Crippen molar-refractivity contribution in [2.24, 2.45) is 0 Å². The Kier molecular flexibility index (Phi) is 4.57. The quantitative estimate of drug-likeness (QED) is 0.653. The molecule has 0 saturated carbocycles. The normalized spacial score (nSPS) is 9.74. The molecular weight excluding hydrogens is 230 g/mol. The number of aryl methyl sites for hydroxylation is 1. The maximum atomic E-state index is 3.74. The molecule has 0 aliphatic rings. The first-order valence-electron chi connectivity index (χ1n) is 6.57. The second-order valence-electron chi connectivity index (χ2n) is 4.32. The summed E-state index contributed by atoms with van der Waals surface area (Å²) >= 11 is 0. The number of hydrogen-bond donors (Lipinski definition) is 1. The Morgan fingerprint density at radius 1 is 1.00 bits per heavy atom. The van der Waals surface area contributed by atoms with Crippen molar-refractivity contribution in [1.29, 1.82) is 0 Å². The topological polar surface area (TPSA) is 15.8 Å². The Balaban J connectivity index is 0.000000141. The summed E-state index contributed by atoms with van der Waals surface area (Å²) in [6.07, 6.45) is 4.94. The van der Waals surface area contributed by atoms with E-state index in [1.807, 2.05) is 30.5 Å². The summed E-state index contributed by atoms with van der Waals surface area (Å²) < 4.78 is 0. The minimum absolute atomic E-state index is 1.09. The largest absolute Gasteiger partial charge is 0.361 e. The van der Waals surface area contributed by atoms with E-state index in [9.17, 15) is 0 Å². The minimum atomic E-state index is 1.09. The van der Waals surface area contributed by atoms with Crippen LogP contribution >= 0.6 is 0 Å². The van der Waals surface area contributed by atoms with Crippen molar-refractivity contribution in [2.45, 2.75) is 13.3 Å². The van der Waals surface area contributed by atoms with Gasteiger partial charge >= 0.3 is 0 Å². The molecule has 1 aromatic heterocycles. The average molecular weight is 249 g/mol. The van der Waals surface area contributed by atoms with Crippen molar-refractivity contribution >= 4 is 17.0 Å². The molecular formula is C18H19N. The zero-order valence-electron chi connectivity index (χ0n) is 11.3. The van der Waals surface area contributed by atoms with Crippen molar-refractivity contribution in [1.82, 2.24) is 4.98 Å². The Morgan fingerprint density at radius 2 is 1.74 bits per heavy atom. The lowest BCUT2D eigenvalue weighted by molar-refractivity contribution is 1.13. The Morgan fingerprint density at radius 3 is 2.42 bits per heavy atom. The molecule has 96 valence electrons. The fourth-order valence-corrected chi connectivity index (χ4v) is 2.05. The van der Waals surface area contributed by atoms with Gasteiger partial charge in [-0.3, -0.25) is 0 Å². The molecule has 3 aromatic rings. The van der Waals surface area contributed by atoms with Crippen LogP contribution in [0, 0.1) is 0 Å². The van der Waals surface area contributed by atoms with E-state index >= 15 is 0 Å². The third-order valence-electron chi connectivity index (χ3n) is 3.12. The fraction of sp³-hybridized carbons (Fsp3) is 0.111. The number of aromatic nitrogens is 1. The Bertz CT molecular complexity index is 619. The SMILES string of the molecule is C=Cc1ccccc1CC.c1ccc2[nH]ccc2c1. The van der Waals surface area contributed by atoms with Crippen LogP contribution in [0.4, 0.5) is 0 Å². The van der Waals surface area contributed by atoms with Crippen LogP contribution in [-0.2, 0) is 6.42 Å². The van der Waals surface area contributed by atoms with Crippen LogP contribution in [0.5, 0.6) is 0 Å². The van der Waals surface area contributed by atoms with Crippen LogP contribution < -0.4 is 0 Å². The van der Waals surface area contributed by atoms with Gasteiger partial charge in [-0.1, -0.05) is 62.0 Å². The number of aromatic amines is 1. The van der Waals surface area contributed by atoms with Gasteiger partial charge in [0.1, 0.15) is 0 Å². The van der Waals surface area contributed by atoms with Crippen molar-refractivity contribution < 1.29 is 0 Å². The van der Waals surface area contributed by atoms with E-state index in [1.165, 1.54) is 22.0 Å². The van der Waals surface area contributed by atoms with Crippen LogP contribution in [0.15, 0.2) is 67.4 Å². The number of hydrogen-bond acceptors (Lipinski definition) is 0. The number of benzene rings is 2. The molecule has 0 aliphatic heterocycles. The molecule has 0 amide bonds. The van der Waals surface area contributed by atoms with Gasteiger partial charge in [0, 0.05) is 11.7 Å². The number of para-hydroxylation sites is 1. The van der Waals surface area contributed by atoms with E-state index in [1.54, 1.807) is 0 Å². The number of nitrogens with one attached hydrogen (secondary N) is 1. The maximum Gasteiger partial charge on any atom is 0.0453 e. The standard InChI is InChI=1S/C10H12.C8H7N/c1-3-9-7-5-6-8-10(9)4-2;1-2-4-8-7(3-1)5-6-9-8/h3,5-8H,1,4H2,2H3;1-6,9H. The van der Waals surface area contributed by atoms with Crippen molar-refractivity contribution in [2.75, 3.05) is 0 Å². The molecule has 0 atom stereocenters. The third-order valence-corrected chi connectivity index (χ3v) is 3.12. The van der Waals surface area contributed by atoms with Gasteiger partial charge in [0.25, 0.3) is 0 Å². The maximum absolute atomic E-state index is 3.74. The Labute approximate surface area is 114 Å². The lowest BCUT2D eigenvalue weighted by Crippen LogP contribution is -1.83. The molecule has 0 unspecified atom stereocenters. The van der Waals surface area contributed by atoms with E-state index in [2.05, 4.69) is 54.9 Å². The molecule has 0 saturated heterocycles. The van der Waals surface area contributed by atoms with Gasteiger partial charge in [-0.15, -0.1) is 0 Å². The van der Waals surface area contributed by atoms with Crippen LogP contribution in [-0.4, -0.2) is 4.98 Å². The summed E-state index contributed by atoms with van der Waals surface area (Å²) in [5.41, 5.74) is 3.83. The number of H-pyrrole nitrogens is 1. The third kappa shape index (κ3) is 3.35. The molecule has 0 aliphatic carbocycles.